The van der Waals surface area contributed by atoms with E-state index in [4.69, 9.17) is 0 Å². The summed E-state index contributed by atoms with van der Waals surface area (Å²) in [5.41, 5.74) is 2.75. The van der Waals surface area contributed by atoms with Crippen molar-refractivity contribution < 1.29 is 5.11 Å². The molecule has 26 heavy (non-hydrogen) atoms. The third kappa shape index (κ3) is 2.77. The zero-order chi connectivity index (χ0) is 18.1. The minimum Gasteiger partial charge on any atom is -0.389 e. The number of nitrogens with zero attached hydrogens (tertiary/aromatic N) is 2. The maximum Gasteiger partial charge on any atom is 0.330 e. The van der Waals surface area contributed by atoms with Crippen molar-refractivity contribution in [1.82, 2.24) is 14.5 Å². The Morgan fingerprint density at radius 3 is 2.35 bits per heavy atom. The van der Waals surface area contributed by atoms with Gasteiger partial charge in [-0.2, -0.15) is 0 Å². The molecule has 0 unspecified atom stereocenters. The second kappa shape index (κ2) is 7.09. The summed E-state index contributed by atoms with van der Waals surface area (Å²) in [5, 5.41) is 13.9. The van der Waals surface area contributed by atoms with Crippen LogP contribution in [0.15, 0.2) is 59.4 Å². The van der Waals surface area contributed by atoms with E-state index in [0.717, 1.165) is 29.4 Å². The Bertz CT molecular complexity index is 941. The van der Waals surface area contributed by atoms with E-state index in [9.17, 15) is 9.90 Å². The number of para-hydroxylation sites is 2. The molecule has 1 aromatic heterocycles. The van der Waals surface area contributed by atoms with Crippen molar-refractivity contribution in [3.8, 4) is 0 Å². The molecule has 1 fully saturated rings. The van der Waals surface area contributed by atoms with Crippen LogP contribution in [0, 0.1) is 0 Å². The molecule has 2 aromatic carbocycles. The van der Waals surface area contributed by atoms with Crippen LogP contribution in [0.5, 0.6) is 0 Å². The van der Waals surface area contributed by atoms with Crippen molar-refractivity contribution >= 4 is 11.0 Å². The molecular weight excluding hydrogens is 326 g/mol. The number of fused-ring (bicyclic) bond motifs is 1. The van der Waals surface area contributed by atoms with E-state index in [1.54, 1.807) is 4.57 Å². The molecule has 0 amide bonds. The zero-order valence-electron chi connectivity index (χ0n) is 15.0. The van der Waals surface area contributed by atoms with E-state index in [-0.39, 0.29) is 11.7 Å². The normalized spacial score (nSPS) is 17.2. The highest BCUT2D eigenvalue weighted by molar-refractivity contribution is 5.76. The average molecular weight is 351 g/mol. The van der Waals surface area contributed by atoms with E-state index in [0.29, 0.717) is 6.54 Å². The zero-order valence-corrected chi connectivity index (χ0v) is 15.0. The summed E-state index contributed by atoms with van der Waals surface area (Å²) in [6.07, 6.45) is 2.55. The Kier molecular flexibility index (Phi) is 4.66. The molecule has 1 heterocycles. The Morgan fingerprint density at radius 1 is 1.08 bits per heavy atom. The highest BCUT2D eigenvalue weighted by Crippen LogP contribution is 2.34. The van der Waals surface area contributed by atoms with E-state index in [1.807, 2.05) is 66.2 Å². The summed E-state index contributed by atoms with van der Waals surface area (Å²) >= 11 is 0. The van der Waals surface area contributed by atoms with Gasteiger partial charge in [0.05, 0.1) is 23.2 Å². The largest absolute Gasteiger partial charge is 0.389 e. The summed E-state index contributed by atoms with van der Waals surface area (Å²) in [7, 11) is 1.81. The van der Waals surface area contributed by atoms with Gasteiger partial charge < -0.3 is 10.4 Å². The first kappa shape index (κ1) is 17.1. The third-order valence-corrected chi connectivity index (χ3v) is 5.45. The number of imidazole rings is 1. The Balaban J connectivity index is 1.95. The molecule has 1 aliphatic rings. The predicted molar refractivity (Wildman–Crippen MR) is 104 cm³/mol. The van der Waals surface area contributed by atoms with Crippen LogP contribution in [0.1, 0.15) is 36.9 Å². The van der Waals surface area contributed by atoms with E-state index in [2.05, 4.69) is 5.32 Å². The van der Waals surface area contributed by atoms with E-state index in [1.165, 1.54) is 6.42 Å². The van der Waals surface area contributed by atoms with Gasteiger partial charge in [-0.15, -0.1) is 0 Å². The van der Waals surface area contributed by atoms with Crippen molar-refractivity contribution in [2.45, 2.75) is 37.5 Å². The van der Waals surface area contributed by atoms with Crippen LogP contribution in [0.2, 0.25) is 0 Å². The number of hydrogen-bond acceptors (Lipinski definition) is 3. The first-order valence-corrected chi connectivity index (χ1v) is 9.31. The van der Waals surface area contributed by atoms with E-state index < -0.39 is 12.1 Å². The molecule has 3 aromatic rings. The molecule has 4 rings (SSSR count). The maximum atomic E-state index is 13.4. The van der Waals surface area contributed by atoms with Crippen LogP contribution in [0.25, 0.3) is 11.0 Å². The van der Waals surface area contributed by atoms with Crippen LogP contribution in [-0.4, -0.2) is 33.9 Å². The average Bonchev–Trinajstić information content (AvgIpc) is 2.89. The van der Waals surface area contributed by atoms with Gasteiger partial charge in [0.15, 0.2) is 0 Å². The molecule has 2 N–H and O–H groups in total. The van der Waals surface area contributed by atoms with Crippen LogP contribution < -0.4 is 11.0 Å². The lowest BCUT2D eigenvalue weighted by Gasteiger charge is -2.27. The fourth-order valence-electron chi connectivity index (χ4n) is 3.97. The SMILES string of the molecule is CNC[C@@H](O)[C@H](c1ccccc1)n1c(=O)n(C2CCC2)c2ccccc21. The molecule has 0 spiro atoms. The van der Waals surface area contributed by atoms with E-state index >= 15 is 0 Å². The number of aromatic nitrogens is 2. The predicted octanol–water partition coefficient (Wildman–Crippen LogP) is 2.70. The van der Waals surface area contributed by atoms with Crippen molar-refractivity contribution in [1.29, 1.82) is 0 Å². The second-order valence-corrected chi connectivity index (χ2v) is 7.08. The summed E-state index contributed by atoms with van der Waals surface area (Å²) in [6.45, 7) is 0.412. The van der Waals surface area contributed by atoms with Crippen LogP contribution in [-0.2, 0) is 0 Å². The number of aliphatic hydroxyl groups is 1. The van der Waals surface area contributed by atoms with Crippen molar-refractivity contribution in [3.63, 3.8) is 0 Å². The summed E-state index contributed by atoms with van der Waals surface area (Å²) < 4.78 is 3.71. The molecule has 0 saturated heterocycles. The maximum absolute atomic E-state index is 13.4. The van der Waals surface area contributed by atoms with Gasteiger partial charge in [0.2, 0.25) is 0 Å². The third-order valence-electron chi connectivity index (χ3n) is 5.45. The minimum atomic E-state index is -0.708. The van der Waals surface area contributed by atoms with Crippen molar-refractivity contribution in [3.05, 3.63) is 70.6 Å². The Hall–Kier alpha value is -2.37. The standard InChI is InChI=1S/C21H25N3O2/c1-22-14-19(25)20(15-8-3-2-4-9-15)24-18-13-6-5-12-17(18)23(21(24)26)16-10-7-11-16/h2-6,8-9,12-13,16,19-20,22,25H,7,10-11,14H2,1H3/t19-,20+/m1/s1. The molecule has 1 aliphatic carbocycles. The van der Waals surface area contributed by atoms with Gasteiger partial charge in [0, 0.05) is 12.6 Å². The van der Waals surface area contributed by atoms with Gasteiger partial charge in [0.1, 0.15) is 0 Å². The molecular formula is C21H25N3O2. The topological polar surface area (TPSA) is 59.2 Å². The Morgan fingerprint density at radius 2 is 1.73 bits per heavy atom. The lowest BCUT2D eigenvalue weighted by Crippen LogP contribution is -2.39. The second-order valence-electron chi connectivity index (χ2n) is 7.08. The van der Waals surface area contributed by atoms with Crippen molar-refractivity contribution in [2.75, 3.05) is 13.6 Å². The number of benzene rings is 2. The van der Waals surface area contributed by atoms with Gasteiger partial charge in [-0.3, -0.25) is 9.13 Å². The van der Waals surface area contributed by atoms with Gasteiger partial charge in [-0.05, 0) is 44.0 Å². The van der Waals surface area contributed by atoms with Crippen molar-refractivity contribution in [2.24, 2.45) is 0 Å². The number of rotatable bonds is 6. The van der Waals surface area contributed by atoms with Crippen LogP contribution in [0.4, 0.5) is 0 Å². The van der Waals surface area contributed by atoms with Gasteiger partial charge in [0.25, 0.3) is 0 Å². The number of aliphatic hydroxyl groups excluding tert-OH is 1. The van der Waals surface area contributed by atoms with Crippen LogP contribution >= 0.6 is 0 Å². The first-order valence-electron chi connectivity index (χ1n) is 9.31. The van der Waals surface area contributed by atoms with Gasteiger partial charge in [-0.25, -0.2) is 4.79 Å². The molecule has 5 nitrogen and oxygen atoms in total. The molecule has 0 bridgehead atoms. The fourth-order valence-corrected chi connectivity index (χ4v) is 3.97. The molecule has 0 radical (unpaired) electrons. The molecule has 5 heteroatoms. The minimum absolute atomic E-state index is 0.0279. The van der Waals surface area contributed by atoms with Gasteiger partial charge in [-0.1, -0.05) is 42.5 Å². The molecule has 2 atom stereocenters. The molecule has 1 saturated carbocycles. The van der Waals surface area contributed by atoms with Crippen LogP contribution in [0.3, 0.4) is 0 Å². The monoisotopic (exact) mass is 351 g/mol. The number of nitrogens with one attached hydrogen (secondary N) is 1. The molecule has 0 aliphatic heterocycles. The number of hydrogen-bond donors (Lipinski definition) is 2. The summed E-state index contributed by atoms with van der Waals surface area (Å²) in [6, 6.07) is 17.6. The smallest absolute Gasteiger partial charge is 0.330 e. The highest BCUT2D eigenvalue weighted by atomic mass is 16.3. The lowest BCUT2D eigenvalue weighted by molar-refractivity contribution is 0.129. The fraction of sp³-hybridized carbons (Fsp3) is 0.381. The number of likely N-dealkylation sites (N-methyl/N-ethyl adjacent to an activating group) is 1. The quantitative estimate of drug-likeness (QED) is 0.718. The molecule has 136 valence electrons. The first-order chi connectivity index (χ1) is 12.7. The highest BCUT2D eigenvalue weighted by Gasteiger charge is 2.31. The Labute approximate surface area is 152 Å². The summed E-state index contributed by atoms with van der Waals surface area (Å²) in [5.74, 6) is 0. The summed E-state index contributed by atoms with van der Waals surface area (Å²) in [4.78, 5) is 13.4. The van der Waals surface area contributed by atoms with Gasteiger partial charge >= 0.3 is 5.69 Å². The lowest BCUT2D eigenvalue weighted by atomic mass is 9.93.